The Morgan fingerprint density at radius 1 is 1.40 bits per heavy atom. The molecular formula is C14H18N3O2S. The first-order valence-electron chi connectivity index (χ1n) is 6.74. The lowest BCUT2D eigenvalue weighted by molar-refractivity contribution is 0.550. The van der Waals surface area contributed by atoms with Gasteiger partial charge in [0, 0.05) is 17.5 Å². The van der Waals surface area contributed by atoms with Crippen LogP contribution in [0.2, 0.25) is 0 Å². The van der Waals surface area contributed by atoms with Crippen molar-refractivity contribution in [2.75, 3.05) is 0 Å². The molecule has 1 aliphatic rings. The third-order valence-electron chi connectivity index (χ3n) is 3.47. The van der Waals surface area contributed by atoms with E-state index in [0.29, 0.717) is 5.56 Å². The van der Waals surface area contributed by atoms with E-state index in [-0.39, 0.29) is 17.0 Å². The highest BCUT2D eigenvalue weighted by Crippen LogP contribution is 2.27. The molecule has 0 atom stereocenters. The van der Waals surface area contributed by atoms with E-state index >= 15 is 0 Å². The Labute approximate surface area is 119 Å². The van der Waals surface area contributed by atoms with E-state index in [1.54, 1.807) is 18.3 Å². The minimum Gasteiger partial charge on any atom is -0.262 e. The lowest BCUT2D eigenvalue weighted by atomic mass is 10.1. The quantitative estimate of drug-likeness (QED) is 0.940. The van der Waals surface area contributed by atoms with Crippen LogP contribution in [-0.4, -0.2) is 24.2 Å². The second-order valence-electron chi connectivity index (χ2n) is 5.59. The molecule has 2 aromatic rings. The van der Waals surface area contributed by atoms with Crippen LogP contribution in [0.15, 0.2) is 23.2 Å². The molecule has 1 N–H and O–H groups in total. The summed E-state index contributed by atoms with van der Waals surface area (Å²) in [4.78, 5) is 0.268. The van der Waals surface area contributed by atoms with Gasteiger partial charge in [0.25, 0.3) is 0 Å². The first-order chi connectivity index (χ1) is 9.38. The highest BCUT2D eigenvalue weighted by Gasteiger charge is 2.28. The molecule has 1 fully saturated rings. The van der Waals surface area contributed by atoms with Crippen molar-refractivity contribution >= 4 is 20.9 Å². The zero-order chi connectivity index (χ0) is 14.5. The maximum atomic E-state index is 12.3. The van der Waals surface area contributed by atoms with E-state index in [1.165, 1.54) is 0 Å². The van der Waals surface area contributed by atoms with Gasteiger partial charge >= 0.3 is 0 Å². The summed E-state index contributed by atoms with van der Waals surface area (Å²) in [6.07, 6.45) is 3.58. The average Bonchev–Trinajstić information content (AvgIpc) is 3.04. The summed E-state index contributed by atoms with van der Waals surface area (Å²) in [5, 5.41) is 5.21. The van der Waals surface area contributed by atoms with Crippen molar-refractivity contribution in [3.8, 4) is 0 Å². The molecule has 0 aliphatic heterocycles. The average molecular weight is 292 g/mol. The van der Waals surface area contributed by atoms with Crippen LogP contribution < -0.4 is 4.72 Å². The lowest BCUT2D eigenvalue weighted by Gasteiger charge is -2.10. The molecule has 6 heteroatoms. The normalized spacial score (nSPS) is 16.2. The highest BCUT2D eigenvalue weighted by molar-refractivity contribution is 7.89. The predicted molar refractivity (Wildman–Crippen MR) is 77.9 cm³/mol. The maximum absolute atomic E-state index is 12.3. The molecule has 1 aliphatic carbocycles. The van der Waals surface area contributed by atoms with Crippen LogP contribution in [-0.2, 0) is 10.0 Å². The molecule has 1 radical (unpaired) electrons. The number of rotatable bonds is 4. The Hall–Kier alpha value is -1.40. The zero-order valence-corrected chi connectivity index (χ0v) is 12.4. The molecular weight excluding hydrogens is 274 g/mol. The summed E-state index contributed by atoms with van der Waals surface area (Å²) in [6, 6.07) is 3.56. The first kappa shape index (κ1) is 13.6. The molecule has 0 saturated heterocycles. The van der Waals surface area contributed by atoms with Crippen molar-refractivity contribution in [1.82, 2.24) is 14.5 Å². The Morgan fingerprint density at radius 3 is 2.70 bits per heavy atom. The van der Waals surface area contributed by atoms with Gasteiger partial charge in [-0.1, -0.05) is 0 Å². The summed E-state index contributed by atoms with van der Waals surface area (Å²) < 4.78 is 29.1. The number of sulfonamides is 1. The van der Waals surface area contributed by atoms with Crippen LogP contribution in [0.25, 0.3) is 10.9 Å². The Balaban J connectivity index is 2.14. The monoisotopic (exact) mass is 292 g/mol. The van der Waals surface area contributed by atoms with Gasteiger partial charge in [-0.25, -0.2) is 13.1 Å². The minimum atomic E-state index is -3.46. The molecule has 0 bridgehead atoms. The van der Waals surface area contributed by atoms with Gasteiger partial charge in [-0.15, -0.1) is 0 Å². The summed E-state index contributed by atoms with van der Waals surface area (Å²) in [7, 11) is -3.46. The predicted octanol–water partition coefficient (Wildman–Crippen LogP) is 2.24. The number of benzene rings is 1. The van der Waals surface area contributed by atoms with Crippen LogP contribution in [0.5, 0.6) is 0 Å². The topological polar surface area (TPSA) is 64.0 Å². The van der Waals surface area contributed by atoms with Crippen molar-refractivity contribution in [3.63, 3.8) is 0 Å². The molecule has 0 amide bonds. The maximum Gasteiger partial charge on any atom is 0.240 e. The molecule has 1 heterocycles. The van der Waals surface area contributed by atoms with Gasteiger partial charge in [0.1, 0.15) is 0 Å². The fourth-order valence-corrected chi connectivity index (χ4v) is 3.62. The highest BCUT2D eigenvalue weighted by atomic mass is 32.2. The van der Waals surface area contributed by atoms with Crippen LogP contribution in [0.3, 0.4) is 0 Å². The van der Waals surface area contributed by atoms with Crippen LogP contribution in [0, 0.1) is 6.92 Å². The zero-order valence-electron chi connectivity index (χ0n) is 11.6. The third-order valence-corrected chi connectivity index (χ3v) is 4.97. The van der Waals surface area contributed by atoms with Crippen LogP contribution in [0.1, 0.15) is 38.3 Å². The Bertz CT molecular complexity index is 758. The van der Waals surface area contributed by atoms with Gasteiger partial charge in [-0.3, -0.25) is 4.68 Å². The number of aromatic nitrogens is 2. The molecule has 5 nitrogen and oxygen atoms in total. The summed E-state index contributed by atoms with van der Waals surface area (Å²) in [6.45, 7) is 7.97. The minimum absolute atomic E-state index is 0.0963. The number of hydrogen-bond donors (Lipinski definition) is 1. The molecule has 1 aromatic carbocycles. The van der Waals surface area contributed by atoms with E-state index < -0.39 is 10.0 Å². The van der Waals surface area contributed by atoms with Gasteiger partial charge < -0.3 is 0 Å². The van der Waals surface area contributed by atoms with Gasteiger partial charge in [-0.05, 0) is 51.3 Å². The van der Waals surface area contributed by atoms with Crippen molar-refractivity contribution < 1.29 is 8.42 Å². The van der Waals surface area contributed by atoms with Crippen molar-refractivity contribution in [2.45, 2.75) is 43.7 Å². The summed E-state index contributed by atoms with van der Waals surface area (Å²) >= 11 is 0. The van der Waals surface area contributed by atoms with Crippen molar-refractivity contribution in [2.24, 2.45) is 0 Å². The van der Waals surface area contributed by atoms with Crippen LogP contribution in [0.4, 0.5) is 0 Å². The van der Waals surface area contributed by atoms with E-state index in [1.807, 2.05) is 18.5 Å². The third kappa shape index (κ3) is 2.33. The van der Waals surface area contributed by atoms with Gasteiger partial charge in [0.05, 0.1) is 16.6 Å². The fourth-order valence-electron chi connectivity index (χ4n) is 2.24. The lowest BCUT2D eigenvalue weighted by Crippen LogP contribution is -2.25. The Kier molecular flexibility index (Phi) is 3.10. The number of nitrogens with zero attached hydrogens (tertiary/aromatic N) is 2. The standard InChI is InChI=1S/C14H18N3O2S/c1-9(2)17-14-7-12(6-10(3)13(14)8-15-17)20(18,19)16-11-4-5-11/h6-9,11,16H,3-5H2,1-2H3. The van der Waals surface area contributed by atoms with Crippen LogP contribution >= 0.6 is 0 Å². The number of fused-ring (bicyclic) bond motifs is 1. The second-order valence-corrected chi connectivity index (χ2v) is 7.31. The Morgan fingerprint density at radius 2 is 2.10 bits per heavy atom. The molecule has 20 heavy (non-hydrogen) atoms. The fraction of sp³-hybridized carbons (Fsp3) is 0.429. The molecule has 1 saturated carbocycles. The second kappa shape index (κ2) is 4.56. The van der Waals surface area contributed by atoms with E-state index in [2.05, 4.69) is 16.7 Å². The molecule has 0 spiro atoms. The number of hydrogen-bond acceptors (Lipinski definition) is 3. The van der Waals surface area contributed by atoms with Crippen molar-refractivity contribution in [3.05, 3.63) is 30.8 Å². The summed E-state index contributed by atoms with van der Waals surface area (Å²) in [5.41, 5.74) is 1.49. The van der Waals surface area contributed by atoms with E-state index in [0.717, 1.165) is 23.7 Å². The van der Waals surface area contributed by atoms with Gasteiger partial charge in [0.15, 0.2) is 0 Å². The molecule has 1 aromatic heterocycles. The molecule has 3 rings (SSSR count). The smallest absolute Gasteiger partial charge is 0.240 e. The van der Waals surface area contributed by atoms with E-state index in [4.69, 9.17) is 0 Å². The first-order valence-corrected chi connectivity index (χ1v) is 8.22. The molecule has 0 unspecified atom stereocenters. The number of nitrogens with one attached hydrogen (secondary N) is 1. The SMILES string of the molecule is [CH2]c1cc(S(=O)(=O)NC2CC2)cc2c1cnn2C(C)C. The van der Waals surface area contributed by atoms with Gasteiger partial charge in [-0.2, -0.15) is 5.10 Å². The van der Waals surface area contributed by atoms with Gasteiger partial charge in [0.2, 0.25) is 10.0 Å². The van der Waals surface area contributed by atoms with Crippen molar-refractivity contribution in [1.29, 1.82) is 0 Å². The largest absolute Gasteiger partial charge is 0.262 e. The molecule has 107 valence electrons. The summed E-state index contributed by atoms with van der Waals surface area (Å²) in [5.74, 6) is 0. The van der Waals surface area contributed by atoms with E-state index in [9.17, 15) is 8.42 Å².